The van der Waals surface area contributed by atoms with E-state index in [1.165, 1.54) is 0 Å². The third-order valence-electron chi connectivity index (χ3n) is 6.22. The first-order valence-corrected chi connectivity index (χ1v) is 15.1. The Bertz CT molecular complexity index is 1160. The summed E-state index contributed by atoms with van der Waals surface area (Å²) in [6.07, 6.45) is -5.39. The molecule has 0 spiro atoms. The summed E-state index contributed by atoms with van der Waals surface area (Å²) in [4.78, 5) is 47.7. The summed E-state index contributed by atoms with van der Waals surface area (Å²) in [7, 11) is 0. The molecule has 1 aromatic carbocycles. The van der Waals surface area contributed by atoms with E-state index in [2.05, 4.69) is 20.5 Å². The average molecular weight is 661 g/mol. The van der Waals surface area contributed by atoms with E-state index in [1.807, 2.05) is 12.1 Å². The number of guanidine groups is 1. The Hall–Kier alpha value is -3.79. The Morgan fingerprint density at radius 2 is 1.48 bits per heavy atom. The molecule has 1 aromatic rings. The molecule has 3 amide bonds. The van der Waals surface area contributed by atoms with Crippen LogP contribution in [0.4, 0.5) is 22.8 Å². The fourth-order valence-electron chi connectivity index (χ4n) is 4.35. The van der Waals surface area contributed by atoms with Crippen molar-refractivity contribution in [1.82, 2.24) is 20.4 Å². The van der Waals surface area contributed by atoms with Gasteiger partial charge >= 0.3 is 24.3 Å². The maximum absolute atomic E-state index is 13.5. The van der Waals surface area contributed by atoms with Crippen LogP contribution in [0.5, 0.6) is 5.75 Å². The summed E-state index contributed by atoms with van der Waals surface area (Å²) in [6.45, 7) is 11.9. The summed E-state index contributed by atoms with van der Waals surface area (Å²) in [5.74, 6) is 3.25. The Kier molecular flexibility index (Phi) is 14.4. The van der Waals surface area contributed by atoms with Crippen molar-refractivity contribution < 1.29 is 46.6 Å². The molecule has 1 aliphatic heterocycles. The third-order valence-corrected chi connectivity index (χ3v) is 6.22. The quantitative estimate of drug-likeness (QED) is 0.130. The summed E-state index contributed by atoms with van der Waals surface area (Å²) < 4.78 is 56.5. The number of nitrogens with zero attached hydrogens (tertiary/aromatic N) is 3. The highest BCUT2D eigenvalue weighted by Gasteiger charge is 2.40. The molecule has 0 bridgehead atoms. The number of hydrogen-bond donors (Lipinski definition) is 3. The second kappa shape index (κ2) is 17.2. The van der Waals surface area contributed by atoms with Crippen molar-refractivity contribution in [3.63, 3.8) is 0 Å². The number of alkyl halides is 3. The molecule has 0 radical (unpaired) electrons. The van der Waals surface area contributed by atoms with Gasteiger partial charge in [-0.2, -0.15) is 18.2 Å². The van der Waals surface area contributed by atoms with Crippen LogP contribution in [0.2, 0.25) is 0 Å². The zero-order valence-corrected chi connectivity index (χ0v) is 27.4. The van der Waals surface area contributed by atoms with Crippen LogP contribution < -0.4 is 21.3 Å². The molecule has 0 saturated carbocycles. The predicted octanol–water partition coefficient (Wildman–Crippen LogP) is 3.89. The first kappa shape index (κ1) is 38.4. The standard InChI is InChI=1S/C30H47F3N6O7/c1-28(2,3)45-26(41)35-12-7-14-38(15-8-13-36-27(42)46-29(4,5)6)25(37-24(40)30(31,32)33)39-16-11-21-19-23(43-17-18-44-34)10-9-22(21)20-39/h9-10,19H,7-8,11-18,20,34H2,1-6H3,(H,35,41)(H,36,42). The number of carbonyl (C=O) groups is 3. The molecule has 0 aromatic heterocycles. The summed E-state index contributed by atoms with van der Waals surface area (Å²) in [5.41, 5.74) is 0.369. The minimum Gasteiger partial charge on any atom is -0.491 e. The van der Waals surface area contributed by atoms with Gasteiger partial charge in [-0.15, -0.1) is 0 Å². The smallest absolute Gasteiger partial charge is 0.473 e. The van der Waals surface area contributed by atoms with Crippen LogP contribution in [0.1, 0.15) is 65.5 Å². The lowest BCUT2D eigenvalue weighted by Gasteiger charge is -2.37. The second-order valence-electron chi connectivity index (χ2n) is 12.6. The van der Waals surface area contributed by atoms with Gasteiger partial charge < -0.3 is 39.5 Å². The minimum atomic E-state index is -5.18. The number of alkyl carbamates (subject to hydrolysis) is 2. The first-order valence-electron chi connectivity index (χ1n) is 15.1. The van der Waals surface area contributed by atoms with E-state index in [0.29, 0.717) is 25.0 Å². The van der Waals surface area contributed by atoms with Gasteiger partial charge in [0.05, 0.1) is 0 Å². The number of carbonyl (C=O) groups excluding carboxylic acids is 3. The molecule has 2 rings (SSSR count). The van der Waals surface area contributed by atoms with Crippen LogP contribution in [0, 0.1) is 0 Å². The number of nitrogens with one attached hydrogen (secondary N) is 2. The monoisotopic (exact) mass is 660 g/mol. The molecular formula is C30H47F3N6O7. The van der Waals surface area contributed by atoms with E-state index >= 15 is 0 Å². The number of nitrogens with two attached hydrogens (primary N) is 1. The number of hydrogen-bond acceptors (Lipinski definition) is 8. The highest BCUT2D eigenvalue weighted by atomic mass is 19.4. The maximum atomic E-state index is 13.5. The Morgan fingerprint density at radius 1 is 0.913 bits per heavy atom. The van der Waals surface area contributed by atoms with Crippen molar-refractivity contribution in [1.29, 1.82) is 0 Å². The van der Waals surface area contributed by atoms with Crippen molar-refractivity contribution in [3.8, 4) is 5.75 Å². The molecule has 1 aliphatic rings. The molecule has 1 heterocycles. The normalized spacial score (nSPS) is 13.9. The van der Waals surface area contributed by atoms with Gasteiger partial charge in [0.2, 0.25) is 5.96 Å². The number of aliphatic imine (C=N–C) groups is 1. The van der Waals surface area contributed by atoms with E-state index < -0.39 is 35.5 Å². The highest BCUT2D eigenvalue weighted by Crippen LogP contribution is 2.26. The van der Waals surface area contributed by atoms with E-state index in [9.17, 15) is 27.6 Å². The summed E-state index contributed by atoms with van der Waals surface area (Å²) >= 11 is 0. The van der Waals surface area contributed by atoms with Crippen LogP contribution in [-0.4, -0.2) is 97.2 Å². The molecule has 0 unspecified atom stereocenters. The van der Waals surface area contributed by atoms with Crippen LogP contribution in [0.3, 0.4) is 0 Å². The van der Waals surface area contributed by atoms with E-state index in [1.54, 1.807) is 57.4 Å². The number of fused-ring (bicyclic) bond motifs is 1. The lowest BCUT2D eigenvalue weighted by atomic mass is 9.99. The lowest BCUT2D eigenvalue weighted by molar-refractivity contribution is -0.169. The van der Waals surface area contributed by atoms with Crippen molar-refractivity contribution in [2.75, 3.05) is 45.9 Å². The fraction of sp³-hybridized carbons (Fsp3) is 0.667. The Labute approximate surface area is 267 Å². The zero-order valence-electron chi connectivity index (χ0n) is 27.4. The van der Waals surface area contributed by atoms with Crippen LogP contribution in [0.15, 0.2) is 23.2 Å². The SMILES string of the molecule is CC(C)(C)OC(=O)NCCCN(CCCNC(=O)OC(C)(C)C)C(=NC(=O)C(F)(F)F)N1CCc2cc(OCCON)ccc2C1. The summed E-state index contributed by atoms with van der Waals surface area (Å²) in [5, 5.41) is 5.26. The minimum absolute atomic E-state index is 0.144. The molecule has 0 saturated heterocycles. The predicted molar refractivity (Wildman–Crippen MR) is 164 cm³/mol. The van der Waals surface area contributed by atoms with Crippen molar-refractivity contribution in [2.45, 2.75) is 84.7 Å². The van der Waals surface area contributed by atoms with Crippen molar-refractivity contribution >= 4 is 24.1 Å². The molecule has 13 nitrogen and oxygen atoms in total. The molecule has 0 fully saturated rings. The molecular weight excluding hydrogens is 613 g/mol. The molecule has 16 heteroatoms. The Morgan fingerprint density at radius 3 is 1.98 bits per heavy atom. The van der Waals surface area contributed by atoms with Gasteiger partial charge in [-0.1, -0.05) is 6.07 Å². The van der Waals surface area contributed by atoms with Gasteiger partial charge in [0.25, 0.3) is 0 Å². The second-order valence-corrected chi connectivity index (χ2v) is 12.6. The van der Waals surface area contributed by atoms with E-state index in [-0.39, 0.29) is 58.4 Å². The molecule has 0 aliphatic carbocycles. The average Bonchev–Trinajstić information content (AvgIpc) is 2.92. The Balaban J connectivity index is 2.27. The maximum Gasteiger partial charge on any atom is 0.473 e. The van der Waals surface area contributed by atoms with Crippen LogP contribution >= 0.6 is 0 Å². The first-order chi connectivity index (χ1) is 21.4. The van der Waals surface area contributed by atoms with Crippen LogP contribution in [-0.2, 0) is 32.1 Å². The van der Waals surface area contributed by atoms with Crippen LogP contribution in [0.25, 0.3) is 0 Å². The lowest BCUT2D eigenvalue weighted by Crippen LogP contribution is -2.49. The van der Waals surface area contributed by atoms with Gasteiger partial charge in [-0.05, 0) is 84.1 Å². The van der Waals surface area contributed by atoms with E-state index in [4.69, 9.17) is 20.1 Å². The molecule has 4 N–H and O–H groups in total. The number of ether oxygens (including phenoxy) is 3. The van der Waals surface area contributed by atoms with Gasteiger partial charge in [-0.3, -0.25) is 4.79 Å². The highest BCUT2D eigenvalue weighted by molar-refractivity contribution is 5.95. The van der Waals surface area contributed by atoms with Gasteiger partial charge in [0, 0.05) is 39.3 Å². The number of amides is 3. The van der Waals surface area contributed by atoms with Crippen molar-refractivity contribution in [3.05, 3.63) is 29.3 Å². The molecule has 0 atom stereocenters. The molecule has 46 heavy (non-hydrogen) atoms. The molecule has 260 valence electrons. The summed E-state index contributed by atoms with van der Waals surface area (Å²) in [6, 6.07) is 5.39. The zero-order chi connectivity index (χ0) is 34.5. The van der Waals surface area contributed by atoms with E-state index in [0.717, 1.165) is 11.1 Å². The van der Waals surface area contributed by atoms with Gasteiger partial charge in [0.1, 0.15) is 30.2 Å². The van der Waals surface area contributed by atoms with Crippen molar-refractivity contribution in [2.24, 2.45) is 10.9 Å². The largest absolute Gasteiger partial charge is 0.491 e. The fourth-order valence-corrected chi connectivity index (χ4v) is 4.35. The van der Waals surface area contributed by atoms with Gasteiger partial charge in [-0.25, -0.2) is 15.5 Å². The third kappa shape index (κ3) is 14.5. The number of halogens is 3. The number of rotatable bonds is 12. The van der Waals surface area contributed by atoms with Gasteiger partial charge in [0.15, 0.2) is 0 Å². The topological polar surface area (TPSA) is 157 Å². The number of benzene rings is 1.